The van der Waals surface area contributed by atoms with Crippen LogP contribution in [0.4, 0.5) is 0 Å². The molecule has 2 heteroatoms. The molecule has 70 valence electrons. The monoisotopic (exact) mass is 169 g/mol. The Labute approximate surface area is 74.9 Å². The van der Waals surface area contributed by atoms with Crippen molar-refractivity contribution in [3.8, 4) is 0 Å². The summed E-state index contributed by atoms with van der Waals surface area (Å²) >= 11 is 0. The van der Waals surface area contributed by atoms with Gasteiger partial charge in [0.15, 0.2) is 0 Å². The molecule has 1 heterocycles. The van der Waals surface area contributed by atoms with E-state index in [1.54, 1.807) is 0 Å². The van der Waals surface area contributed by atoms with E-state index in [1.807, 2.05) is 13.0 Å². The number of hydrogen-bond acceptors (Lipinski definition) is 2. The second-order valence-electron chi connectivity index (χ2n) is 4.00. The lowest BCUT2D eigenvalue weighted by Crippen LogP contribution is -2.64. The summed E-state index contributed by atoms with van der Waals surface area (Å²) in [6, 6.07) is 0. The molecule has 0 spiro atoms. The minimum Gasteiger partial charge on any atom is -0.387 e. The molecule has 2 nitrogen and oxygen atoms in total. The second kappa shape index (κ2) is 3.58. The molecular weight excluding hydrogens is 150 g/mol. The number of hydrogen-bond donors (Lipinski definition) is 1. The van der Waals surface area contributed by atoms with Crippen LogP contribution in [0.15, 0.2) is 12.2 Å². The number of allylic oxidation sites excluding steroid dienone is 1. The van der Waals surface area contributed by atoms with Gasteiger partial charge in [0.05, 0.1) is 5.60 Å². The standard InChI is InChI=1S/C10H19NO/c1-4-5-6-11-7-10(12,8-11)9(2)3/h4-5,9,12H,6-8H2,1-3H3. The largest absolute Gasteiger partial charge is 0.387 e. The molecule has 0 aliphatic carbocycles. The van der Waals surface area contributed by atoms with Gasteiger partial charge in [-0.15, -0.1) is 0 Å². The van der Waals surface area contributed by atoms with E-state index < -0.39 is 5.60 Å². The smallest absolute Gasteiger partial charge is 0.0923 e. The fourth-order valence-electron chi connectivity index (χ4n) is 1.48. The third-order valence-electron chi connectivity index (χ3n) is 2.67. The van der Waals surface area contributed by atoms with Crippen LogP contribution in [0.5, 0.6) is 0 Å². The lowest BCUT2D eigenvalue weighted by atomic mass is 9.83. The van der Waals surface area contributed by atoms with E-state index in [4.69, 9.17) is 0 Å². The van der Waals surface area contributed by atoms with Gasteiger partial charge in [-0.3, -0.25) is 4.90 Å². The van der Waals surface area contributed by atoms with Crippen LogP contribution in [-0.2, 0) is 0 Å². The Morgan fingerprint density at radius 3 is 2.50 bits per heavy atom. The number of likely N-dealkylation sites (tertiary alicyclic amines) is 1. The molecule has 1 rings (SSSR count). The van der Waals surface area contributed by atoms with Crippen LogP contribution >= 0.6 is 0 Å². The fraction of sp³-hybridized carbons (Fsp3) is 0.800. The van der Waals surface area contributed by atoms with Crippen LogP contribution in [-0.4, -0.2) is 35.2 Å². The van der Waals surface area contributed by atoms with Crippen molar-refractivity contribution < 1.29 is 5.11 Å². The first-order chi connectivity index (χ1) is 5.58. The summed E-state index contributed by atoms with van der Waals surface area (Å²) in [4.78, 5) is 2.25. The maximum atomic E-state index is 9.89. The van der Waals surface area contributed by atoms with E-state index >= 15 is 0 Å². The summed E-state index contributed by atoms with van der Waals surface area (Å²) in [5.41, 5.74) is -0.415. The zero-order chi connectivity index (χ0) is 9.19. The molecule has 0 unspecified atom stereocenters. The number of nitrogens with zero attached hydrogens (tertiary/aromatic N) is 1. The summed E-state index contributed by atoms with van der Waals surface area (Å²) in [7, 11) is 0. The normalized spacial score (nSPS) is 23.4. The van der Waals surface area contributed by atoms with Crippen molar-refractivity contribution >= 4 is 0 Å². The van der Waals surface area contributed by atoms with Crippen LogP contribution in [0.3, 0.4) is 0 Å². The van der Waals surface area contributed by atoms with Crippen LogP contribution in [0.2, 0.25) is 0 Å². The average molecular weight is 169 g/mol. The quantitative estimate of drug-likeness (QED) is 0.643. The maximum absolute atomic E-state index is 9.89. The molecule has 1 fully saturated rings. The van der Waals surface area contributed by atoms with Crippen molar-refractivity contribution in [2.24, 2.45) is 5.92 Å². The molecule has 1 aliphatic heterocycles. The minimum absolute atomic E-state index is 0.374. The second-order valence-corrected chi connectivity index (χ2v) is 4.00. The van der Waals surface area contributed by atoms with Gasteiger partial charge in [-0.2, -0.15) is 0 Å². The zero-order valence-corrected chi connectivity index (χ0v) is 8.25. The number of β-amino-alcohol motifs (C(OH)–C–C–N with tert-alkyl or cyclic N) is 1. The predicted molar refractivity (Wildman–Crippen MR) is 51.0 cm³/mol. The number of aliphatic hydroxyl groups is 1. The molecule has 0 aromatic carbocycles. The Morgan fingerprint density at radius 2 is 2.08 bits per heavy atom. The molecule has 0 atom stereocenters. The zero-order valence-electron chi connectivity index (χ0n) is 8.25. The minimum atomic E-state index is -0.415. The van der Waals surface area contributed by atoms with Crippen LogP contribution in [0.25, 0.3) is 0 Å². The highest BCUT2D eigenvalue weighted by molar-refractivity contribution is 4.99. The van der Waals surface area contributed by atoms with Crippen molar-refractivity contribution in [2.45, 2.75) is 26.4 Å². The summed E-state index contributed by atoms with van der Waals surface area (Å²) in [5.74, 6) is 0.374. The van der Waals surface area contributed by atoms with E-state index in [2.05, 4.69) is 24.8 Å². The predicted octanol–water partition coefficient (Wildman–Crippen LogP) is 1.27. The van der Waals surface area contributed by atoms with Gasteiger partial charge in [0.1, 0.15) is 0 Å². The molecule has 0 bridgehead atoms. The van der Waals surface area contributed by atoms with E-state index in [1.165, 1.54) is 0 Å². The van der Waals surface area contributed by atoms with Gasteiger partial charge < -0.3 is 5.11 Å². The van der Waals surface area contributed by atoms with Crippen molar-refractivity contribution in [2.75, 3.05) is 19.6 Å². The molecule has 0 saturated carbocycles. The lowest BCUT2D eigenvalue weighted by Gasteiger charge is -2.48. The van der Waals surface area contributed by atoms with E-state index in [0.717, 1.165) is 19.6 Å². The molecule has 0 amide bonds. The topological polar surface area (TPSA) is 23.5 Å². The van der Waals surface area contributed by atoms with Gasteiger partial charge in [0.2, 0.25) is 0 Å². The van der Waals surface area contributed by atoms with Crippen molar-refractivity contribution in [1.29, 1.82) is 0 Å². The van der Waals surface area contributed by atoms with E-state index in [9.17, 15) is 5.11 Å². The molecule has 0 aromatic heterocycles. The summed E-state index contributed by atoms with van der Waals surface area (Å²) in [6.07, 6.45) is 4.17. The highest BCUT2D eigenvalue weighted by atomic mass is 16.3. The van der Waals surface area contributed by atoms with Gasteiger partial charge in [-0.05, 0) is 12.8 Å². The average Bonchev–Trinajstić information content (AvgIpc) is 1.95. The SMILES string of the molecule is CC=CCN1CC(O)(C(C)C)C1. The Balaban J connectivity index is 2.27. The maximum Gasteiger partial charge on any atom is 0.0923 e. The van der Waals surface area contributed by atoms with Gasteiger partial charge in [-0.25, -0.2) is 0 Å². The Bertz CT molecular complexity index is 169. The Morgan fingerprint density at radius 1 is 1.50 bits per heavy atom. The van der Waals surface area contributed by atoms with Gasteiger partial charge in [-0.1, -0.05) is 26.0 Å². The van der Waals surface area contributed by atoms with Gasteiger partial charge in [0.25, 0.3) is 0 Å². The first-order valence-electron chi connectivity index (χ1n) is 4.64. The highest BCUT2D eigenvalue weighted by Crippen LogP contribution is 2.27. The summed E-state index contributed by atoms with van der Waals surface area (Å²) in [5, 5.41) is 9.89. The van der Waals surface area contributed by atoms with Crippen molar-refractivity contribution in [3.05, 3.63) is 12.2 Å². The lowest BCUT2D eigenvalue weighted by molar-refractivity contribution is -0.123. The van der Waals surface area contributed by atoms with Crippen LogP contribution in [0.1, 0.15) is 20.8 Å². The molecule has 0 aromatic rings. The van der Waals surface area contributed by atoms with Crippen molar-refractivity contribution in [1.82, 2.24) is 4.90 Å². The third-order valence-corrected chi connectivity index (χ3v) is 2.67. The Kier molecular flexibility index (Phi) is 2.91. The summed E-state index contributed by atoms with van der Waals surface area (Å²) in [6.45, 7) is 8.81. The molecule has 12 heavy (non-hydrogen) atoms. The van der Waals surface area contributed by atoms with Crippen molar-refractivity contribution in [3.63, 3.8) is 0 Å². The van der Waals surface area contributed by atoms with Crippen LogP contribution in [0, 0.1) is 5.92 Å². The van der Waals surface area contributed by atoms with E-state index in [0.29, 0.717) is 5.92 Å². The third kappa shape index (κ3) is 1.87. The molecular formula is C10H19NO. The van der Waals surface area contributed by atoms with Gasteiger partial charge in [0, 0.05) is 19.6 Å². The molecule has 1 aliphatic rings. The van der Waals surface area contributed by atoms with Gasteiger partial charge >= 0.3 is 0 Å². The molecule has 1 saturated heterocycles. The van der Waals surface area contributed by atoms with Crippen LogP contribution < -0.4 is 0 Å². The summed E-state index contributed by atoms with van der Waals surface area (Å²) < 4.78 is 0. The van der Waals surface area contributed by atoms with E-state index in [-0.39, 0.29) is 0 Å². The fourth-order valence-corrected chi connectivity index (χ4v) is 1.48. The number of rotatable bonds is 3. The first kappa shape index (κ1) is 9.75. The molecule has 1 N–H and O–H groups in total. The molecule has 0 radical (unpaired) electrons. The Hall–Kier alpha value is -0.340. The first-order valence-corrected chi connectivity index (χ1v) is 4.64. The highest BCUT2D eigenvalue weighted by Gasteiger charge is 2.42.